The van der Waals surface area contributed by atoms with E-state index in [2.05, 4.69) is 93.0 Å². The molecule has 1 heterocycles. The van der Waals surface area contributed by atoms with Crippen LogP contribution in [0.5, 0.6) is 0 Å². The number of halogens is 1. The van der Waals surface area contributed by atoms with Gasteiger partial charge in [0.05, 0.1) is 0 Å². The average molecular weight is 418 g/mol. The van der Waals surface area contributed by atoms with Crippen molar-refractivity contribution in [2.24, 2.45) is 7.05 Å². The molecule has 0 atom stereocenters. The molecule has 3 rings (SSSR count). The van der Waals surface area contributed by atoms with E-state index in [9.17, 15) is 0 Å². The SMILES string of the molecule is Cc1ccc2c(c1)c(C)cc(-c1ccc(N(C)C)cc1)[n+]2C.[I-]. The van der Waals surface area contributed by atoms with Gasteiger partial charge in [0.2, 0.25) is 11.2 Å². The number of pyridine rings is 1. The van der Waals surface area contributed by atoms with Crippen LogP contribution < -0.4 is 33.4 Å². The van der Waals surface area contributed by atoms with Crippen LogP contribution >= 0.6 is 0 Å². The number of benzene rings is 2. The Bertz CT molecular complexity index is 836. The van der Waals surface area contributed by atoms with Crippen LogP contribution in [0.15, 0.2) is 48.5 Å². The number of anilines is 1. The van der Waals surface area contributed by atoms with Crippen LogP contribution in [0.2, 0.25) is 0 Å². The van der Waals surface area contributed by atoms with Gasteiger partial charge in [0.1, 0.15) is 7.05 Å². The molecule has 0 aliphatic carbocycles. The summed E-state index contributed by atoms with van der Waals surface area (Å²) in [5.74, 6) is 0. The third-order valence-corrected chi connectivity index (χ3v) is 4.33. The molecule has 0 bridgehead atoms. The van der Waals surface area contributed by atoms with Crippen LogP contribution in [0.4, 0.5) is 5.69 Å². The van der Waals surface area contributed by atoms with Crippen molar-refractivity contribution in [2.75, 3.05) is 19.0 Å². The van der Waals surface area contributed by atoms with E-state index in [0.717, 1.165) is 0 Å². The van der Waals surface area contributed by atoms with Crippen molar-refractivity contribution in [1.29, 1.82) is 0 Å². The lowest BCUT2D eigenvalue weighted by Crippen LogP contribution is -3.00. The Balaban J connectivity index is 0.00000192. The Kier molecular flexibility index (Phi) is 5.30. The van der Waals surface area contributed by atoms with Crippen molar-refractivity contribution in [2.45, 2.75) is 13.8 Å². The largest absolute Gasteiger partial charge is 1.00 e. The first-order chi connectivity index (χ1) is 10.5. The van der Waals surface area contributed by atoms with Gasteiger partial charge in [0.15, 0.2) is 0 Å². The molecule has 0 aliphatic heterocycles. The van der Waals surface area contributed by atoms with Crippen molar-refractivity contribution in [3.8, 4) is 11.3 Å². The quantitative estimate of drug-likeness (QED) is 0.446. The van der Waals surface area contributed by atoms with E-state index in [1.165, 1.54) is 39.0 Å². The monoisotopic (exact) mass is 418 g/mol. The minimum absolute atomic E-state index is 0. The number of fused-ring (bicyclic) bond motifs is 1. The minimum Gasteiger partial charge on any atom is -1.00 e. The molecule has 0 saturated heterocycles. The van der Waals surface area contributed by atoms with E-state index in [4.69, 9.17) is 0 Å². The molecule has 0 fully saturated rings. The third-order valence-electron chi connectivity index (χ3n) is 4.33. The fourth-order valence-electron chi connectivity index (χ4n) is 2.97. The zero-order valence-corrected chi connectivity index (χ0v) is 16.5. The van der Waals surface area contributed by atoms with Gasteiger partial charge in [-0.2, -0.15) is 4.57 Å². The second-order valence-corrected chi connectivity index (χ2v) is 6.23. The molecule has 1 aromatic heterocycles. The van der Waals surface area contributed by atoms with Crippen LogP contribution in [0.1, 0.15) is 11.1 Å². The molecule has 23 heavy (non-hydrogen) atoms. The molecule has 0 radical (unpaired) electrons. The molecular weight excluding hydrogens is 395 g/mol. The highest BCUT2D eigenvalue weighted by Gasteiger charge is 2.16. The molecule has 3 aromatic rings. The second-order valence-electron chi connectivity index (χ2n) is 6.23. The maximum atomic E-state index is 2.28. The lowest BCUT2D eigenvalue weighted by Gasteiger charge is -2.13. The molecule has 120 valence electrons. The molecule has 2 aromatic carbocycles. The minimum atomic E-state index is 0. The van der Waals surface area contributed by atoms with Crippen LogP contribution in [-0.2, 0) is 7.05 Å². The predicted octanol–water partition coefficient (Wildman–Crippen LogP) is 1.02. The summed E-state index contributed by atoms with van der Waals surface area (Å²) in [5.41, 5.74) is 7.62. The number of aromatic nitrogens is 1. The standard InChI is InChI=1S/C20H23N2.HI/c1-14-6-11-19-18(12-14)15(2)13-20(22(19)5)16-7-9-17(10-8-16)21(3)4;/h6-13H,1-5H3;1H/q+1;/p-1. The Morgan fingerprint density at radius 3 is 2.13 bits per heavy atom. The molecule has 3 heteroatoms. The molecule has 0 aliphatic rings. The molecule has 0 spiro atoms. The number of nitrogens with zero attached hydrogens (tertiary/aromatic N) is 2. The van der Waals surface area contributed by atoms with Gasteiger partial charge >= 0.3 is 0 Å². The first-order valence-electron chi connectivity index (χ1n) is 7.65. The van der Waals surface area contributed by atoms with Gasteiger partial charge in [0.25, 0.3) is 0 Å². The van der Waals surface area contributed by atoms with Crippen molar-refractivity contribution < 1.29 is 28.5 Å². The molecule has 0 amide bonds. The summed E-state index contributed by atoms with van der Waals surface area (Å²) in [7, 11) is 6.28. The summed E-state index contributed by atoms with van der Waals surface area (Å²) in [6, 6.07) is 17.7. The number of hydrogen-bond acceptors (Lipinski definition) is 1. The van der Waals surface area contributed by atoms with Gasteiger partial charge in [-0.25, -0.2) is 0 Å². The van der Waals surface area contributed by atoms with E-state index in [1.807, 2.05) is 0 Å². The smallest absolute Gasteiger partial charge is 0.213 e. The highest BCUT2D eigenvalue weighted by Crippen LogP contribution is 2.25. The number of hydrogen-bond donors (Lipinski definition) is 0. The lowest BCUT2D eigenvalue weighted by atomic mass is 10.0. The van der Waals surface area contributed by atoms with Gasteiger partial charge in [-0.3, -0.25) is 0 Å². The summed E-state index contributed by atoms with van der Waals surface area (Å²) in [6.45, 7) is 4.34. The van der Waals surface area contributed by atoms with Gasteiger partial charge in [-0.15, -0.1) is 0 Å². The van der Waals surface area contributed by atoms with Crippen LogP contribution in [0, 0.1) is 13.8 Å². The molecule has 0 N–H and O–H groups in total. The molecular formula is C20H23IN2. The maximum Gasteiger partial charge on any atom is 0.213 e. The highest BCUT2D eigenvalue weighted by atomic mass is 127. The maximum absolute atomic E-state index is 2.28. The fraction of sp³-hybridized carbons (Fsp3) is 0.250. The van der Waals surface area contributed by atoms with E-state index < -0.39 is 0 Å². The first-order valence-corrected chi connectivity index (χ1v) is 7.65. The van der Waals surface area contributed by atoms with E-state index in [-0.39, 0.29) is 24.0 Å². The van der Waals surface area contributed by atoms with Crippen LogP contribution in [0.25, 0.3) is 22.2 Å². The Morgan fingerprint density at radius 2 is 1.52 bits per heavy atom. The van der Waals surface area contributed by atoms with Crippen molar-refractivity contribution in [1.82, 2.24) is 0 Å². The summed E-state index contributed by atoms with van der Waals surface area (Å²) in [4.78, 5) is 2.12. The summed E-state index contributed by atoms with van der Waals surface area (Å²) >= 11 is 0. The molecule has 0 saturated carbocycles. The van der Waals surface area contributed by atoms with E-state index >= 15 is 0 Å². The van der Waals surface area contributed by atoms with Gasteiger partial charge in [0, 0.05) is 42.9 Å². The van der Waals surface area contributed by atoms with Crippen LogP contribution in [-0.4, -0.2) is 14.1 Å². The Labute approximate surface area is 155 Å². The van der Waals surface area contributed by atoms with Crippen molar-refractivity contribution >= 4 is 16.6 Å². The topological polar surface area (TPSA) is 7.12 Å². The zero-order chi connectivity index (χ0) is 15.9. The Hall–Kier alpha value is -1.62. The zero-order valence-electron chi connectivity index (χ0n) is 14.4. The highest BCUT2D eigenvalue weighted by molar-refractivity contribution is 5.82. The normalized spacial score (nSPS) is 10.5. The molecule has 0 unspecified atom stereocenters. The van der Waals surface area contributed by atoms with E-state index in [0.29, 0.717) is 0 Å². The van der Waals surface area contributed by atoms with Gasteiger partial charge in [-0.05, 0) is 49.7 Å². The number of aryl methyl sites for hydroxylation is 3. The summed E-state index contributed by atoms with van der Waals surface area (Å²) in [6.07, 6.45) is 0. The second kappa shape index (κ2) is 6.87. The van der Waals surface area contributed by atoms with Gasteiger partial charge in [-0.1, -0.05) is 11.6 Å². The van der Waals surface area contributed by atoms with Crippen molar-refractivity contribution in [3.05, 3.63) is 59.7 Å². The Morgan fingerprint density at radius 1 is 0.870 bits per heavy atom. The van der Waals surface area contributed by atoms with E-state index in [1.54, 1.807) is 0 Å². The van der Waals surface area contributed by atoms with Gasteiger partial charge < -0.3 is 28.9 Å². The summed E-state index contributed by atoms with van der Waals surface area (Å²) < 4.78 is 2.28. The third kappa shape index (κ3) is 3.34. The average Bonchev–Trinajstić information content (AvgIpc) is 2.51. The number of rotatable bonds is 2. The molecule has 2 nitrogen and oxygen atoms in total. The lowest BCUT2D eigenvalue weighted by molar-refractivity contribution is -0.633. The van der Waals surface area contributed by atoms with Crippen molar-refractivity contribution in [3.63, 3.8) is 0 Å². The first kappa shape index (κ1) is 17.7. The fourth-order valence-corrected chi connectivity index (χ4v) is 2.97. The predicted molar refractivity (Wildman–Crippen MR) is 94.4 cm³/mol. The summed E-state index contributed by atoms with van der Waals surface area (Å²) in [5, 5.41) is 1.33. The van der Waals surface area contributed by atoms with Crippen LogP contribution in [0.3, 0.4) is 0 Å².